The van der Waals surface area contributed by atoms with Crippen LogP contribution in [0.5, 0.6) is 0 Å². The zero-order valence-corrected chi connectivity index (χ0v) is 6.54. The molecule has 0 radical (unpaired) electrons. The monoisotopic (exact) mass is 147 g/mol. The third-order valence-corrected chi connectivity index (χ3v) is 0.808. The van der Waals surface area contributed by atoms with Crippen molar-refractivity contribution < 1.29 is 4.79 Å². The minimum Gasteiger partial charge on any atom is -0.330 e. The third-order valence-electron chi connectivity index (χ3n) is 0.808. The van der Waals surface area contributed by atoms with Crippen LogP contribution in [0.4, 0.5) is 0 Å². The maximum absolute atomic E-state index is 8.50. The van der Waals surface area contributed by atoms with E-state index in [9.17, 15) is 0 Å². The zero-order chi connectivity index (χ0) is 7.54. The Morgan fingerprint density at radius 2 is 2.00 bits per heavy atom. The van der Waals surface area contributed by atoms with Crippen molar-refractivity contribution in [3.63, 3.8) is 0 Å². The number of rotatable bonds is 3. The average Bonchev–Trinajstić information content (AvgIpc) is 1.86. The van der Waals surface area contributed by atoms with Crippen LogP contribution in [0.15, 0.2) is 0 Å². The zero-order valence-electron chi connectivity index (χ0n) is 5.72. The Labute approximate surface area is 61.4 Å². The Morgan fingerprint density at radius 1 is 1.56 bits per heavy atom. The van der Waals surface area contributed by atoms with Gasteiger partial charge in [-0.1, -0.05) is 19.8 Å². The van der Waals surface area contributed by atoms with E-state index >= 15 is 0 Å². The van der Waals surface area contributed by atoms with Crippen LogP contribution < -0.4 is 5.73 Å². The highest BCUT2D eigenvalue weighted by Gasteiger charge is 1.75. The summed E-state index contributed by atoms with van der Waals surface area (Å²) in [5.41, 5.74) is 5.21. The summed E-state index contributed by atoms with van der Waals surface area (Å²) in [5.74, 6) is 0. The van der Waals surface area contributed by atoms with Crippen LogP contribution in [0, 0.1) is 0 Å². The predicted octanol–water partition coefficient (Wildman–Crippen LogP) is 1.39. The molecule has 0 amide bonds. The van der Waals surface area contributed by atoms with Gasteiger partial charge in [0.1, 0.15) is 0 Å². The van der Waals surface area contributed by atoms with Crippen LogP contribution >= 0.6 is 12.2 Å². The lowest BCUT2D eigenvalue weighted by atomic mass is 10.3. The van der Waals surface area contributed by atoms with E-state index in [-0.39, 0.29) is 0 Å². The molecule has 0 unspecified atom stereocenters. The Hall–Kier alpha value is -0.240. The van der Waals surface area contributed by atoms with Crippen LogP contribution in [-0.4, -0.2) is 11.8 Å². The molecule has 0 aliphatic heterocycles. The van der Waals surface area contributed by atoms with E-state index < -0.39 is 0 Å². The van der Waals surface area contributed by atoms with Crippen molar-refractivity contribution in [3.8, 4) is 0 Å². The molecule has 0 saturated heterocycles. The molecule has 54 valence electrons. The van der Waals surface area contributed by atoms with Crippen molar-refractivity contribution in [2.45, 2.75) is 26.2 Å². The first-order chi connectivity index (χ1) is 4.33. The molecule has 0 saturated carbocycles. The Bertz CT molecular complexity index is 65.5. The molecule has 0 aliphatic carbocycles. The van der Waals surface area contributed by atoms with E-state index in [2.05, 4.69) is 19.1 Å². The van der Waals surface area contributed by atoms with Gasteiger partial charge in [-0.2, -0.15) is 0 Å². The van der Waals surface area contributed by atoms with E-state index in [0.717, 1.165) is 11.8 Å². The number of carbonyl (C=O) groups excluding carboxylic acids is 1. The number of thiocarbonyl (C=S) groups is 1. The fourth-order valence-corrected chi connectivity index (χ4v) is 0.394. The summed E-state index contributed by atoms with van der Waals surface area (Å²) < 4.78 is 0. The van der Waals surface area contributed by atoms with Gasteiger partial charge in [-0.15, -0.1) is 0 Å². The second kappa shape index (κ2) is 15.7. The van der Waals surface area contributed by atoms with E-state index in [0.29, 0.717) is 0 Å². The van der Waals surface area contributed by atoms with Crippen molar-refractivity contribution >= 4 is 17.5 Å². The highest BCUT2D eigenvalue weighted by atomic mass is 32.1. The van der Waals surface area contributed by atoms with Gasteiger partial charge in [-0.3, -0.25) is 0 Å². The van der Waals surface area contributed by atoms with Gasteiger partial charge in [-0.05, 0) is 13.0 Å². The van der Waals surface area contributed by atoms with Gasteiger partial charge in [0.2, 0.25) is 5.23 Å². The van der Waals surface area contributed by atoms with Gasteiger partial charge >= 0.3 is 0 Å². The summed E-state index contributed by atoms with van der Waals surface area (Å²) in [6.07, 6.45) is 3.75. The lowest BCUT2D eigenvalue weighted by molar-refractivity contribution is 0.572. The Balaban J connectivity index is 0. The largest absolute Gasteiger partial charge is 0.330 e. The summed E-state index contributed by atoms with van der Waals surface area (Å²) in [5, 5.41) is 1.08. The molecular formula is C6H13NOS. The number of unbranched alkanes of at least 4 members (excludes halogenated alkanes) is 2. The second-order valence-corrected chi connectivity index (χ2v) is 1.75. The molecule has 0 bridgehead atoms. The Morgan fingerprint density at radius 3 is 2.11 bits per heavy atom. The summed E-state index contributed by atoms with van der Waals surface area (Å²) in [7, 11) is 0. The van der Waals surface area contributed by atoms with Gasteiger partial charge in [-0.25, -0.2) is 4.79 Å². The van der Waals surface area contributed by atoms with Crippen LogP contribution in [0.25, 0.3) is 0 Å². The molecular weight excluding hydrogens is 134 g/mol. The smallest absolute Gasteiger partial charge is 0.202 e. The summed E-state index contributed by atoms with van der Waals surface area (Å²) >= 11 is 3.59. The number of hydrogen-bond acceptors (Lipinski definition) is 3. The standard InChI is InChI=1S/C5H13N.COS/c1-2-3-4-5-6;2-1-3/h2-6H2,1H3;. The number of nitrogens with two attached hydrogens (primary N) is 1. The van der Waals surface area contributed by atoms with Crippen LogP contribution in [0.3, 0.4) is 0 Å². The molecule has 0 aromatic carbocycles. The highest BCUT2D eigenvalue weighted by Crippen LogP contribution is 1.88. The van der Waals surface area contributed by atoms with Crippen molar-refractivity contribution in [1.29, 1.82) is 0 Å². The van der Waals surface area contributed by atoms with Crippen LogP contribution in [-0.2, 0) is 4.79 Å². The van der Waals surface area contributed by atoms with Gasteiger partial charge in [0.05, 0.1) is 0 Å². The van der Waals surface area contributed by atoms with E-state index in [4.69, 9.17) is 10.5 Å². The summed E-state index contributed by atoms with van der Waals surface area (Å²) in [6.45, 7) is 3.03. The first kappa shape index (κ1) is 11.5. The first-order valence-corrected chi connectivity index (χ1v) is 3.43. The molecule has 0 aromatic heterocycles. The van der Waals surface area contributed by atoms with Crippen LogP contribution in [0.2, 0.25) is 0 Å². The molecule has 0 heterocycles. The van der Waals surface area contributed by atoms with Crippen molar-refractivity contribution in [2.24, 2.45) is 5.73 Å². The van der Waals surface area contributed by atoms with E-state index in [1.165, 1.54) is 19.3 Å². The van der Waals surface area contributed by atoms with Gasteiger partial charge < -0.3 is 5.73 Å². The fraction of sp³-hybridized carbons (Fsp3) is 0.833. The van der Waals surface area contributed by atoms with E-state index in [1.54, 1.807) is 0 Å². The molecule has 2 nitrogen and oxygen atoms in total. The maximum atomic E-state index is 8.50. The normalized spacial score (nSPS) is 6.89. The molecule has 0 aliphatic rings. The van der Waals surface area contributed by atoms with Gasteiger partial charge in [0, 0.05) is 12.2 Å². The quantitative estimate of drug-likeness (QED) is 0.484. The van der Waals surface area contributed by atoms with Crippen molar-refractivity contribution in [1.82, 2.24) is 0 Å². The molecule has 2 N–H and O–H groups in total. The maximum Gasteiger partial charge on any atom is 0.202 e. The highest BCUT2D eigenvalue weighted by molar-refractivity contribution is 7.78. The molecule has 9 heavy (non-hydrogen) atoms. The van der Waals surface area contributed by atoms with Crippen molar-refractivity contribution in [3.05, 3.63) is 0 Å². The van der Waals surface area contributed by atoms with Crippen molar-refractivity contribution in [2.75, 3.05) is 6.54 Å². The molecule has 0 spiro atoms. The summed E-state index contributed by atoms with van der Waals surface area (Å²) in [6, 6.07) is 0. The SMILES string of the molecule is CCCCCN.O=C=S. The predicted molar refractivity (Wildman–Crippen MR) is 41.9 cm³/mol. The number of hydrogen-bond donors (Lipinski definition) is 1. The first-order valence-electron chi connectivity index (χ1n) is 3.02. The molecule has 0 aromatic rings. The average molecular weight is 147 g/mol. The van der Waals surface area contributed by atoms with Crippen LogP contribution in [0.1, 0.15) is 26.2 Å². The summed E-state index contributed by atoms with van der Waals surface area (Å²) in [4.78, 5) is 8.50. The second-order valence-electron chi connectivity index (χ2n) is 1.58. The molecule has 0 atom stereocenters. The van der Waals surface area contributed by atoms with E-state index in [1.807, 2.05) is 0 Å². The topological polar surface area (TPSA) is 43.1 Å². The molecule has 0 fully saturated rings. The Kier molecular flexibility index (Phi) is 20.1. The minimum atomic E-state index is 0.855. The molecule has 0 rings (SSSR count). The lowest BCUT2D eigenvalue weighted by Crippen LogP contribution is -1.96. The third kappa shape index (κ3) is 33.8. The lowest BCUT2D eigenvalue weighted by Gasteiger charge is -1.86. The minimum absolute atomic E-state index is 0.855. The van der Waals surface area contributed by atoms with Gasteiger partial charge in [0.25, 0.3) is 0 Å². The molecule has 3 heteroatoms. The van der Waals surface area contributed by atoms with Gasteiger partial charge in [0.15, 0.2) is 0 Å². The fourth-order valence-electron chi connectivity index (χ4n) is 0.394.